The molecule has 0 aliphatic carbocycles. The highest BCUT2D eigenvalue weighted by atomic mass is 32.1. The zero-order valence-electron chi connectivity index (χ0n) is 14.5. The van der Waals surface area contributed by atoms with Gasteiger partial charge < -0.3 is 5.32 Å². The number of carbonyl (C=O) groups is 1. The summed E-state index contributed by atoms with van der Waals surface area (Å²) in [7, 11) is 0. The lowest BCUT2D eigenvalue weighted by Crippen LogP contribution is -2.35. The number of carbonyl (C=O) groups excluding carboxylic acids is 1. The molecule has 0 radical (unpaired) electrons. The Balaban J connectivity index is 1.29. The molecule has 1 aromatic heterocycles. The van der Waals surface area contributed by atoms with Crippen molar-refractivity contribution in [3.63, 3.8) is 0 Å². The van der Waals surface area contributed by atoms with Crippen molar-refractivity contribution in [2.45, 2.75) is 19.0 Å². The summed E-state index contributed by atoms with van der Waals surface area (Å²) in [5.74, 6) is -0.0455. The molecule has 1 unspecified atom stereocenters. The number of thiazole rings is 1. The van der Waals surface area contributed by atoms with E-state index < -0.39 is 0 Å². The Bertz CT molecular complexity index is 886. The lowest BCUT2D eigenvalue weighted by Gasteiger charge is -2.16. The molecule has 0 saturated carbocycles. The molecule has 1 fully saturated rings. The van der Waals surface area contributed by atoms with Gasteiger partial charge >= 0.3 is 0 Å². The van der Waals surface area contributed by atoms with E-state index in [9.17, 15) is 4.79 Å². The maximum absolute atomic E-state index is 12.2. The van der Waals surface area contributed by atoms with Crippen molar-refractivity contribution >= 4 is 33.5 Å². The van der Waals surface area contributed by atoms with Crippen LogP contribution in [0.3, 0.4) is 0 Å². The minimum atomic E-state index is -0.0455. The first-order chi connectivity index (χ1) is 12.8. The number of fused-ring (bicyclic) bond motifs is 1. The fourth-order valence-corrected chi connectivity index (χ4v) is 4.16. The largest absolute Gasteiger partial charge is 0.348 e. The topological polar surface area (TPSA) is 45.2 Å². The number of nitrogens with one attached hydrogen (secondary N) is 1. The summed E-state index contributed by atoms with van der Waals surface area (Å²) < 4.78 is 1.14. The van der Waals surface area contributed by atoms with Crippen molar-refractivity contribution in [3.8, 4) is 0 Å². The molecule has 2 heterocycles. The molecule has 1 amide bonds. The van der Waals surface area contributed by atoms with Gasteiger partial charge in [-0.2, -0.15) is 0 Å². The first-order valence-corrected chi connectivity index (χ1v) is 9.68. The number of nitrogens with zero attached hydrogens (tertiary/aromatic N) is 2. The highest BCUT2D eigenvalue weighted by Crippen LogP contribution is 2.22. The Morgan fingerprint density at radius 3 is 2.85 bits per heavy atom. The monoisotopic (exact) mass is 363 g/mol. The smallest absolute Gasteiger partial charge is 0.244 e. The van der Waals surface area contributed by atoms with E-state index in [-0.39, 0.29) is 11.9 Å². The minimum absolute atomic E-state index is 0.0455. The van der Waals surface area contributed by atoms with Gasteiger partial charge in [0.1, 0.15) is 5.01 Å². The van der Waals surface area contributed by atoms with Crippen LogP contribution in [0.5, 0.6) is 0 Å². The van der Waals surface area contributed by atoms with E-state index in [0.29, 0.717) is 0 Å². The van der Waals surface area contributed by atoms with Crippen molar-refractivity contribution in [2.75, 3.05) is 13.1 Å². The highest BCUT2D eigenvalue weighted by Gasteiger charge is 2.23. The number of hydrogen-bond acceptors (Lipinski definition) is 4. The van der Waals surface area contributed by atoms with Crippen LogP contribution in [0.4, 0.5) is 0 Å². The summed E-state index contributed by atoms with van der Waals surface area (Å²) >= 11 is 1.60. The number of aromatic nitrogens is 1. The summed E-state index contributed by atoms with van der Waals surface area (Å²) in [5.41, 5.74) is 2.29. The Labute approximate surface area is 157 Å². The van der Waals surface area contributed by atoms with Gasteiger partial charge in [0.25, 0.3) is 0 Å². The molecule has 4 rings (SSSR count). The van der Waals surface area contributed by atoms with E-state index in [0.717, 1.165) is 41.3 Å². The Morgan fingerprint density at radius 2 is 2.00 bits per heavy atom. The van der Waals surface area contributed by atoms with Crippen molar-refractivity contribution < 1.29 is 4.79 Å². The molecule has 1 atom stereocenters. The SMILES string of the molecule is O=C(/C=C/c1nc2ccccc2s1)NC1CCN(Cc2ccccc2)C1. The van der Waals surface area contributed by atoms with E-state index in [4.69, 9.17) is 0 Å². The molecule has 3 aromatic rings. The van der Waals surface area contributed by atoms with Crippen molar-refractivity contribution in [2.24, 2.45) is 0 Å². The standard InChI is InChI=1S/C21H21N3OS/c25-20(10-11-21-23-18-8-4-5-9-19(18)26-21)22-17-12-13-24(15-17)14-16-6-2-1-3-7-16/h1-11,17H,12-15H2,(H,22,25)/b11-10+. The summed E-state index contributed by atoms with van der Waals surface area (Å²) in [6.45, 7) is 2.85. The van der Waals surface area contributed by atoms with E-state index in [1.807, 2.05) is 30.3 Å². The van der Waals surface area contributed by atoms with Crippen molar-refractivity contribution in [3.05, 3.63) is 71.2 Å². The van der Waals surface area contributed by atoms with Gasteiger partial charge in [-0.05, 0) is 30.2 Å². The second kappa shape index (κ2) is 7.81. The minimum Gasteiger partial charge on any atom is -0.348 e. The molecule has 0 bridgehead atoms. The molecule has 4 nitrogen and oxygen atoms in total. The van der Waals surface area contributed by atoms with Crippen LogP contribution in [-0.4, -0.2) is 34.9 Å². The van der Waals surface area contributed by atoms with Gasteiger partial charge in [0.2, 0.25) is 5.91 Å². The molecule has 1 saturated heterocycles. The third-order valence-corrected chi connectivity index (χ3v) is 5.56. The molecule has 5 heteroatoms. The predicted molar refractivity (Wildman–Crippen MR) is 107 cm³/mol. The molecule has 132 valence electrons. The fraction of sp³-hybridized carbons (Fsp3) is 0.238. The summed E-state index contributed by atoms with van der Waals surface area (Å²) in [4.78, 5) is 19.1. The number of rotatable bonds is 5. The molecule has 1 N–H and O–H groups in total. The number of hydrogen-bond donors (Lipinski definition) is 1. The second-order valence-electron chi connectivity index (χ2n) is 6.57. The maximum Gasteiger partial charge on any atom is 0.244 e. The molecule has 1 aliphatic rings. The fourth-order valence-electron chi connectivity index (χ4n) is 3.29. The average Bonchev–Trinajstić information content (AvgIpc) is 3.27. The van der Waals surface area contributed by atoms with Crippen LogP contribution >= 0.6 is 11.3 Å². The summed E-state index contributed by atoms with van der Waals surface area (Å²) in [5, 5.41) is 3.97. The van der Waals surface area contributed by atoms with Gasteiger partial charge in [-0.1, -0.05) is 42.5 Å². The Morgan fingerprint density at radius 1 is 1.19 bits per heavy atom. The van der Waals surface area contributed by atoms with Gasteiger partial charge in [0.05, 0.1) is 10.2 Å². The van der Waals surface area contributed by atoms with Crippen LogP contribution in [0.15, 0.2) is 60.7 Å². The van der Waals surface area contributed by atoms with Gasteiger partial charge in [-0.25, -0.2) is 4.98 Å². The number of likely N-dealkylation sites (tertiary alicyclic amines) is 1. The van der Waals surface area contributed by atoms with Crippen molar-refractivity contribution in [1.82, 2.24) is 15.2 Å². The molecular formula is C21H21N3OS. The Hall–Kier alpha value is -2.50. The third kappa shape index (κ3) is 4.18. The summed E-state index contributed by atoms with van der Waals surface area (Å²) in [6, 6.07) is 18.7. The van der Waals surface area contributed by atoms with Gasteiger partial charge in [0.15, 0.2) is 0 Å². The van der Waals surface area contributed by atoms with E-state index in [1.165, 1.54) is 5.56 Å². The zero-order chi connectivity index (χ0) is 17.8. The highest BCUT2D eigenvalue weighted by molar-refractivity contribution is 7.19. The molecular weight excluding hydrogens is 342 g/mol. The normalized spacial score (nSPS) is 17.9. The number of para-hydroxylation sites is 1. The van der Waals surface area contributed by atoms with E-state index >= 15 is 0 Å². The van der Waals surface area contributed by atoms with Gasteiger partial charge in [-0.15, -0.1) is 11.3 Å². The zero-order valence-corrected chi connectivity index (χ0v) is 15.3. The first kappa shape index (κ1) is 16.9. The molecule has 26 heavy (non-hydrogen) atoms. The molecule has 1 aliphatic heterocycles. The van der Waals surface area contributed by atoms with Crippen LogP contribution in [0, 0.1) is 0 Å². The van der Waals surface area contributed by atoms with Gasteiger partial charge in [0, 0.05) is 31.8 Å². The molecule has 2 aromatic carbocycles. The van der Waals surface area contributed by atoms with Crippen LogP contribution in [0.25, 0.3) is 16.3 Å². The quantitative estimate of drug-likeness (QED) is 0.703. The number of benzene rings is 2. The third-order valence-electron chi connectivity index (χ3n) is 4.56. The average molecular weight is 363 g/mol. The predicted octanol–water partition coefficient (Wildman–Crippen LogP) is 3.70. The first-order valence-electron chi connectivity index (χ1n) is 8.87. The Kier molecular flexibility index (Phi) is 5.09. The summed E-state index contributed by atoms with van der Waals surface area (Å²) in [6.07, 6.45) is 4.39. The van der Waals surface area contributed by atoms with E-state index in [1.54, 1.807) is 23.5 Å². The van der Waals surface area contributed by atoms with Crippen LogP contribution in [0.2, 0.25) is 0 Å². The van der Waals surface area contributed by atoms with Crippen molar-refractivity contribution in [1.29, 1.82) is 0 Å². The second-order valence-corrected chi connectivity index (χ2v) is 7.63. The van der Waals surface area contributed by atoms with Crippen LogP contribution < -0.4 is 5.32 Å². The van der Waals surface area contributed by atoms with E-state index in [2.05, 4.69) is 39.5 Å². The van der Waals surface area contributed by atoms with Gasteiger partial charge in [-0.3, -0.25) is 9.69 Å². The maximum atomic E-state index is 12.2. The lowest BCUT2D eigenvalue weighted by atomic mass is 10.2. The lowest BCUT2D eigenvalue weighted by molar-refractivity contribution is -0.117. The van der Waals surface area contributed by atoms with Crippen LogP contribution in [-0.2, 0) is 11.3 Å². The molecule has 0 spiro atoms. The number of amides is 1. The van der Waals surface area contributed by atoms with Crippen LogP contribution in [0.1, 0.15) is 17.0 Å².